The van der Waals surface area contributed by atoms with Crippen LogP contribution in [0.3, 0.4) is 0 Å². The molecule has 2 aromatic rings. The maximum absolute atomic E-state index is 11.8. The number of carbonyl (C=O) groups excluding carboxylic acids is 1. The zero-order chi connectivity index (χ0) is 14.4. The largest absolute Gasteiger partial charge is 0.497 e. The molecule has 0 saturated heterocycles. The van der Waals surface area contributed by atoms with Crippen molar-refractivity contribution in [2.24, 2.45) is 0 Å². The summed E-state index contributed by atoms with van der Waals surface area (Å²) in [5, 5.41) is 2.73. The summed E-state index contributed by atoms with van der Waals surface area (Å²) in [6.45, 7) is 0.459. The van der Waals surface area contributed by atoms with E-state index in [0.717, 1.165) is 11.3 Å². The van der Waals surface area contributed by atoms with E-state index in [1.165, 1.54) is 12.3 Å². The molecule has 2 rings (SSSR count). The summed E-state index contributed by atoms with van der Waals surface area (Å²) in [5.41, 5.74) is 0.802. The smallest absolute Gasteiger partial charge is 0.260 e. The Morgan fingerprint density at radius 1 is 1.30 bits per heavy atom. The number of pyridine rings is 1. The van der Waals surface area contributed by atoms with Gasteiger partial charge in [-0.15, -0.1) is 0 Å². The molecule has 0 spiro atoms. The molecule has 1 aromatic heterocycles. The van der Waals surface area contributed by atoms with Gasteiger partial charge in [0.15, 0.2) is 0 Å². The number of amides is 1. The molecule has 0 aliphatic rings. The van der Waals surface area contributed by atoms with Gasteiger partial charge in [-0.3, -0.25) is 9.59 Å². The summed E-state index contributed by atoms with van der Waals surface area (Å²) in [6, 6.07) is 10.8. The van der Waals surface area contributed by atoms with Crippen molar-refractivity contribution in [3.05, 3.63) is 64.1 Å². The second-order valence-electron chi connectivity index (χ2n) is 4.27. The summed E-state index contributed by atoms with van der Waals surface area (Å²) >= 11 is 0. The van der Waals surface area contributed by atoms with Crippen molar-refractivity contribution >= 4 is 5.91 Å². The van der Waals surface area contributed by atoms with Crippen LogP contribution in [0.2, 0.25) is 0 Å². The summed E-state index contributed by atoms with van der Waals surface area (Å²) in [7, 11) is 1.61. The van der Waals surface area contributed by atoms with Gasteiger partial charge in [0, 0.05) is 12.7 Å². The van der Waals surface area contributed by atoms with Crippen LogP contribution in [0.5, 0.6) is 5.75 Å². The van der Waals surface area contributed by atoms with E-state index in [1.54, 1.807) is 13.2 Å². The Morgan fingerprint density at radius 2 is 2.15 bits per heavy atom. The van der Waals surface area contributed by atoms with Crippen molar-refractivity contribution in [2.45, 2.75) is 6.42 Å². The van der Waals surface area contributed by atoms with E-state index < -0.39 is 0 Å². The Kier molecular flexibility index (Phi) is 4.55. The number of carbonyl (C=O) groups is 1. The van der Waals surface area contributed by atoms with E-state index in [1.807, 2.05) is 24.3 Å². The molecule has 0 aliphatic carbocycles. The number of hydrogen-bond acceptors (Lipinski definition) is 3. The highest BCUT2D eigenvalue weighted by Gasteiger charge is 2.08. The van der Waals surface area contributed by atoms with Crippen molar-refractivity contribution in [3.8, 4) is 5.75 Å². The number of ether oxygens (including phenoxy) is 1. The SMILES string of the molecule is COc1cccc(CCNC(=O)c2ccc[nH]c2=O)c1. The van der Waals surface area contributed by atoms with E-state index in [-0.39, 0.29) is 17.0 Å². The molecule has 1 heterocycles. The van der Waals surface area contributed by atoms with E-state index in [2.05, 4.69) is 10.3 Å². The van der Waals surface area contributed by atoms with Crippen molar-refractivity contribution < 1.29 is 9.53 Å². The quantitative estimate of drug-likeness (QED) is 0.863. The second-order valence-corrected chi connectivity index (χ2v) is 4.27. The van der Waals surface area contributed by atoms with Gasteiger partial charge in [-0.2, -0.15) is 0 Å². The van der Waals surface area contributed by atoms with Gasteiger partial charge >= 0.3 is 0 Å². The molecule has 0 radical (unpaired) electrons. The molecule has 104 valence electrons. The fraction of sp³-hybridized carbons (Fsp3) is 0.200. The van der Waals surface area contributed by atoms with Crippen molar-refractivity contribution in [1.82, 2.24) is 10.3 Å². The lowest BCUT2D eigenvalue weighted by molar-refractivity contribution is 0.0952. The maximum atomic E-state index is 11.8. The van der Waals surface area contributed by atoms with Crippen LogP contribution in [-0.2, 0) is 6.42 Å². The normalized spacial score (nSPS) is 10.1. The highest BCUT2D eigenvalue weighted by atomic mass is 16.5. The molecule has 0 fully saturated rings. The first-order chi connectivity index (χ1) is 9.70. The molecule has 0 unspecified atom stereocenters. The Bertz CT molecular complexity index is 649. The molecule has 0 saturated carbocycles. The van der Waals surface area contributed by atoms with Crippen molar-refractivity contribution in [3.63, 3.8) is 0 Å². The topological polar surface area (TPSA) is 71.2 Å². The number of aromatic amines is 1. The molecule has 5 heteroatoms. The van der Waals surface area contributed by atoms with Crippen LogP contribution in [0.25, 0.3) is 0 Å². The average molecular weight is 272 g/mol. The predicted molar refractivity (Wildman–Crippen MR) is 76.1 cm³/mol. The van der Waals surface area contributed by atoms with Gasteiger partial charge in [0.05, 0.1) is 7.11 Å². The lowest BCUT2D eigenvalue weighted by atomic mass is 10.1. The molecular formula is C15H16N2O3. The minimum atomic E-state index is -0.383. The summed E-state index contributed by atoms with van der Waals surface area (Å²) in [5.74, 6) is 0.420. The molecule has 0 atom stereocenters. The Hall–Kier alpha value is -2.56. The summed E-state index contributed by atoms with van der Waals surface area (Å²) in [4.78, 5) is 25.7. The monoisotopic (exact) mass is 272 g/mol. The lowest BCUT2D eigenvalue weighted by Gasteiger charge is -2.06. The highest BCUT2D eigenvalue weighted by Crippen LogP contribution is 2.12. The number of rotatable bonds is 5. The van der Waals surface area contributed by atoms with Gasteiger partial charge in [-0.05, 0) is 36.2 Å². The summed E-state index contributed by atoms with van der Waals surface area (Å²) in [6.07, 6.45) is 2.17. The van der Waals surface area contributed by atoms with Gasteiger partial charge in [-0.1, -0.05) is 12.1 Å². The van der Waals surface area contributed by atoms with Crippen LogP contribution < -0.4 is 15.6 Å². The number of H-pyrrole nitrogens is 1. The van der Waals surface area contributed by atoms with Crippen molar-refractivity contribution in [2.75, 3.05) is 13.7 Å². The van der Waals surface area contributed by atoms with E-state index >= 15 is 0 Å². The van der Waals surface area contributed by atoms with Crippen LogP contribution in [0, 0.1) is 0 Å². The van der Waals surface area contributed by atoms with E-state index in [0.29, 0.717) is 13.0 Å². The maximum Gasteiger partial charge on any atom is 0.260 e. The minimum Gasteiger partial charge on any atom is -0.497 e. The standard InChI is InChI=1S/C15H16N2O3/c1-20-12-5-2-4-11(10-12)7-9-17-15(19)13-6-3-8-16-14(13)18/h2-6,8,10H,7,9H2,1H3,(H,16,18)(H,17,19). The first-order valence-electron chi connectivity index (χ1n) is 6.29. The Balaban J connectivity index is 1.91. The third-order valence-corrected chi connectivity index (χ3v) is 2.90. The number of nitrogens with one attached hydrogen (secondary N) is 2. The first kappa shape index (κ1) is 13.9. The molecule has 2 N–H and O–H groups in total. The first-order valence-corrected chi connectivity index (χ1v) is 6.29. The van der Waals surface area contributed by atoms with Crippen LogP contribution >= 0.6 is 0 Å². The lowest BCUT2D eigenvalue weighted by Crippen LogP contribution is -2.30. The van der Waals surface area contributed by atoms with E-state index in [9.17, 15) is 9.59 Å². The predicted octanol–water partition coefficient (Wildman–Crippen LogP) is 1.36. The van der Waals surface area contributed by atoms with Crippen molar-refractivity contribution in [1.29, 1.82) is 0 Å². The zero-order valence-electron chi connectivity index (χ0n) is 11.2. The second kappa shape index (κ2) is 6.56. The van der Waals surface area contributed by atoms with E-state index in [4.69, 9.17) is 4.74 Å². The number of hydrogen-bond donors (Lipinski definition) is 2. The zero-order valence-corrected chi connectivity index (χ0v) is 11.2. The molecule has 5 nitrogen and oxygen atoms in total. The van der Waals surface area contributed by atoms with Gasteiger partial charge in [0.1, 0.15) is 11.3 Å². The molecule has 20 heavy (non-hydrogen) atoms. The molecule has 0 bridgehead atoms. The van der Waals surface area contributed by atoms with Crippen LogP contribution in [0.1, 0.15) is 15.9 Å². The Morgan fingerprint density at radius 3 is 2.90 bits per heavy atom. The summed E-state index contributed by atoms with van der Waals surface area (Å²) < 4.78 is 5.13. The minimum absolute atomic E-state index is 0.123. The van der Waals surface area contributed by atoms with Crippen LogP contribution in [-0.4, -0.2) is 24.5 Å². The third-order valence-electron chi connectivity index (χ3n) is 2.90. The number of aromatic nitrogens is 1. The van der Waals surface area contributed by atoms with Gasteiger partial charge < -0.3 is 15.0 Å². The van der Waals surface area contributed by atoms with Gasteiger partial charge in [-0.25, -0.2) is 0 Å². The fourth-order valence-corrected chi connectivity index (χ4v) is 1.84. The van der Waals surface area contributed by atoms with Gasteiger partial charge in [0.25, 0.3) is 11.5 Å². The van der Waals surface area contributed by atoms with Gasteiger partial charge in [0.2, 0.25) is 0 Å². The average Bonchev–Trinajstić information content (AvgIpc) is 2.48. The third kappa shape index (κ3) is 3.47. The highest BCUT2D eigenvalue weighted by molar-refractivity contribution is 5.93. The molecular weight excluding hydrogens is 256 g/mol. The molecule has 1 aromatic carbocycles. The fourth-order valence-electron chi connectivity index (χ4n) is 1.84. The number of methoxy groups -OCH3 is 1. The van der Waals surface area contributed by atoms with Crippen LogP contribution in [0.4, 0.5) is 0 Å². The van der Waals surface area contributed by atoms with Crippen LogP contribution in [0.15, 0.2) is 47.4 Å². The molecule has 0 aliphatic heterocycles. The molecule has 1 amide bonds. The number of benzene rings is 1. The Labute approximate surface area is 116 Å².